The van der Waals surface area contributed by atoms with Gasteiger partial charge in [-0.2, -0.15) is 4.98 Å². The maximum absolute atomic E-state index is 12.3. The lowest BCUT2D eigenvalue weighted by atomic mass is 10.1. The third-order valence-electron chi connectivity index (χ3n) is 4.46. The highest BCUT2D eigenvalue weighted by molar-refractivity contribution is 5.74. The first-order chi connectivity index (χ1) is 11.2. The fraction of sp³-hybridized carbons (Fsp3) is 0.824. The minimum absolute atomic E-state index is 0.0386. The van der Waals surface area contributed by atoms with Gasteiger partial charge in [-0.05, 0) is 27.2 Å². The Morgan fingerprint density at radius 3 is 2.71 bits per heavy atom. The van der Waals surface area contributed by atoms with Crippen LogP contribution >= 0.6 is 0 Å². The van der Waals surface area contributed by atoms with Gasteiger partial charge in [0, 0.05) is 50.6 Å². The average molecular weight is 337 g/mol. The molecular formula is C17H31N5O2. The van der Waals surface area contributed by atoms with Gasteiger partial charge in [0.15, 0.2) is 5.82 Å². The number of amides is 2. The zero-order chi connectivity index (χ0) is 17.9. The Morgan fingerprint density at radius 2 is 2.17 bits per heavy atom. The number of likely N-dealkylation sites (N-methyl/N-ethyl adjacent to an activating group) is 1. The van der Waals surface area contributed by atoms with Crippen LogP contribution in [0.3, 0.4) is 0 Å². The van der Waals surface area contributed by atoms with Crippen LogP contribution in [-0.4, -0.2) is 64.2 Å². The van der Waals surface area contributed by atoms with Gasteiger partial charge in [-0.3, -0.25) is 4.90 Å². The van der Waals surface area contributed by atoms with Crippen molar-refractivity contribution in [1.82, 2.24) is 25.3 Å². The molecule has 1 fully saturated rings. The second-order valence-electron chi connectivity index (χ2n) is 7.93. The average Bonchev–Trinajstić information content (AvgIpc) is 3.12. The largest absolute Gasteiger partial charge is 0.339 e. The molecule has 0 bridgehead atoms. The molecule has 2 heterocycles. The third-order valence-corrected chi connectivity index (χ3v) is 4.46. The van der Waals surface area contributed by atoms with E-state index >= 15 is 0 Å². The number of nitrogens with zero attached hydrogens (tertiary/aromatic N) is 4. The van der Waals surface area contributed by atoms with Gasteiger partial charge in [-0.1, -0.05) is 19.0 Å². The van der Waals surface area contributed by atoms with Gasteiger partial charge in [-0.15, -0.1) is 0 Å². The first-order valence-corrected chi connectivity index (χ1v) is 8.76. The molecule has 2 amide bonds. The molecule has 1 aliphatic rings. The molecule has 0 aliphatic carbocycles. The summed E-state index contributed by atoms with van der Waals surface area (Å²) in [7, 11) is 1.80. The lowest BCUT2D eigenvalue weighted by molar-refractivity contribution is 0.168. The highest BCUT2D eigenvalue weighted by Gasteiger charge is 2.31. The molecule has 1 atom stereocenters. The number of aromatic nitrogens is 2. The standard InChI is InChI=1S/C17H31N5O2/c1-12(2)15-19-14(20-24-15)8-9-21(6)16(23)18-13-7-10-22(11-13)17(3,4)5/h12-13H,7-11H2,1-6H3,(H,18,23)/t13-/m1/s1. The molecular weight excluding hydrogens is 306 g/mol. The zero-order valence-electron chi connectivity index (χ0n) is 15.8. The van der Waals surface area contributed by atoms with Crippen LogP contribution in [0.1, 0.15) is 58.7 Å². The maximum atomic E-state index is 12.3. The van der Waals surface area contributed by atoms with Gasteiger partial charge < -0.3 is 14.7 Å². The van der Waals surface area contributed by atoms with Gasteiger partial charge in [0.2, 0.25) is 5.89 Å². The van der Waals surface area contributed by atoms with Crippen LogP contribution in [0.5, 0.6) is 0 Å². The summed E-state index contributed by atoms with van der Waals surface area (Å²) in [5.41, 5.74) is 0.151. The molecule has 24 heavy (non-hydrogen) atoms. The number of urea groups is 1. The smallest absolute Gasteiger partial charge is 0.317 e. The minimum atomic E-state index is -0.0386. The molecule has 1 N–H and O–H groups in total. The van der Waals surface area contributed by atoms with Crippen LogP contribution in [-0.2, 0) is 6.42 Å². The van der Waals surface area contributed by atoms with Crippen molar-refractivity contribution in [1.29, 1.82) is 0 Å². The Balaban J connectivity index is 1.76. The van der Waals surface area contributed by atoms with E-state index in [9.17, 15) is 4.79 Å². The molecule has 1 aliphatic heterocycles. The number of hydrogen-bond acceptors (Lipinski definition) is 5. The third kappa shape index (κ3) is 4.93. The summed E-state index contributed by atoms with van der Waals surface area (Å²) in [5, 5.41) is 7.08. The molecule has 0 radical (unpaired) electrons. The monoisotopic (exact) mass is 337 g/mol. The normalized spacial score (nSPS) is 19.0. The van der Waals surface area contributed by atoms with E-state index in [0.717, 1.165) is 19.5 Å². The van der Waals surface area contributed by atoms with E-state index < -0.39 is 0 Å². The van der Waals surface area contributed by atoms with E-state index in [-0.39, 0.29) is 23.5 Å². The fourth-order valence-electron chi connectivity index (χ4n) is 2.74. The summed E-state index contributed by atoms with van der Waals surface area (Å²) in [6.07, 6.45) is 1.60. The number of likely N-dealkylation sites (tertiary alicyclic amines) is 1. The lowest BCUT2D eigenvalue weighted by Gasteiger charge is -2.31. The van der Waals surface area contributed by atoms with Crippen molar-refractivity contribution < 1.29 is 9.32 Å². The van der Waals surface area contributed by atoms with Gasteiger partial charge in [-0.25, -0.2) is 4.79 Å². The predicted octanol–water partition coefficient (Wildman–Crippen LogP) is 2.25. The quantitative estimate of drug-likeness (QED) is 0.892. The second kappa shape index (κ2) is 7.51. The highest BCUT2D eigenvalue weighted by atomic mass is 16.5. The molecule has 0 spiro atoms. The van der Waals surface area contributed by atoms with Crippen molar-refractivity contribution >= 4 is 6.03 Å². The highest BCUT2D eigenvalue weighted by Crippen LogP contribution is 2.20. The SMILES string of the molecule is CC(C)c1nc(CCN(C)C(=O)N[C@@H]2CCN(C(C)(C)C)C2)no1. The molecule has 7 nitrogen and oxygen atoms in total. The van der Waals surface area contributed by atoms with Crippen molar-refractivity contribution in [3.05, 3.63) is 11.7 Å². The van der Waals surface area contributed by atoms with Crippen molar-refractivity contribution in [2.24, 2.45) is 0 Å². The topological polar surface area (TPSA) is 74.5 Å². The molecule has 0 aromatic carbocycles. The Labute approximate surface area is 144 Å². The predicted molar refractivity (Wildman–Crippen MR) is 93.0 cm³/mol. The molecule has 1 aromatic heterocycles. The maximum Gasteiger partial charge on any atom is 0.317 e. The van der Waals surface area contributed by atoms with Crippen molar-refractivity contribution in [3.8, 4) is 0 Å². The van der Waals surface area contributed by atoms with Gasteiger partial charge in [0.1, 0.15) is 0 Å². The van der Waals surface area contributed by atoms with Crippen LogP contribution in [0.4, 0.5) is 4.79 Å². The molecule has 1 aromatic rings. The lowest BCUT2D eigenvalue weighted by Crippen LogP contribution is -2.46. The van der Waals surface area contributed by atoms with Crippen LogP contribution in [0.2, 0.25) is 0 Å². The Morgan fingerprint density at radius 1 is 1.46 bits per heavy atom. The molecule has 136 valence electrons. The second-order valence-corrected chi connectivity index (χ2v) is 7.93. The summed E-state index contributed by atoms with van der Waals surface area (Å²) < 4.78 is 5.18. The number of carbonyl (C=O) groups excluding carboxylic acids is 1. The van der Waals surface area contributed by atoms with E-state index in [1.165, 1.54) is 0 Å². The summed E-state index contributed by atoms with van der Waals surface area (Å²) in [6, 6.07) is 0.181. The number of hydrogen-bond donors (Lipinski definition) is 1. The van der Waals surface area contributed by atoms with Crippen molar-refractivity contribution in [2.75, 3.05) is 26.7 Å². The first-order valence-electron chi connectivity index (χ1n) is 8.76. The molecule has 0 saturated carbocycles. The summed E-state index contributed by atoms with van der Waals surface area (Å²) in [4.78, 5) is 20.8. The summed E-state index contributed by atoms with van der Waals surface area (Å²) in [6.45, 7) is 13.2. The molecule has 0 unspecified atom stereocenters. The Kier molecular flexibility index (Phi) is 5.85. The van der Waals surface area contributed by atoms with Crippen molar-refractivity contribution in [3.63, 3.8) is 0 Å². The van der Waals surface area contributed by atoms with Crippen LogP contribution in [0.25, 0.3) is 0 Å². The Bertz CT molecular complexity index is 549. The van der Waals surface area contributed by atoms with Crippen LogP contribution in [0.15, 0.2) is 4.52 Å². The first kappa shape index (κ1) is 18.7. The molecule has 2 rings (SSSR count). The van der Waals surface area contributed by atoms with Crippen molar-refractivity contribution in [2.45, 2.75) is 65.0 Å². The number of rotatable bonds is 5. The summed E-state index contributed by atoms with van der Waals surface area (Å²) >= 11 is 0. The van der Waals surface area contributed by atoms with E-state index in [1.807, 2.05) is 13.8 Å². The van der Waals surface area contributed by atoms with Crippen LogP contribution < -0.4 is 5.32 Å². The zero-order valence-corrected chi connectivity index (χ0v) is 15.8. The van der Waals surface area contributed by atoms with Crippen LogP contribution in [0, 0.1) is 0 Å². The van der Waals surface area contributed by atoms with E-state index in [0.29, 0.717) is 24.7 Å². The number of carbonyl (C=O) groups is 1. The Hall–Kier alpha value is -1.63. The van der Waals surface area contributed by atoms with E-state index in [4.69, 9.17) is 4.52 Å². The van der Waals surface area contributed by atoms with Gasteiger partial charge in [0.05, 0.1) is 0 Å². The summed E-state index contributed by atoms with van der Waals surface area (Å²) in [5.74, 6) is 1.52. The molecule has 7 heteroatoms. The molecule has 1 saturated heterocycles. The number of nitrogens with one attached hydrogen (secondary N) is 1. The van der Waals surface area contributed by atoms with E-state index in [2.05, 4.69) is 41.1 Å². The fourth-order valence-corrected chi connectivity index (χ4v) is 2.74. The van der Waals surface area contributed by atoms with E-state index in [1.54, 1.807) is 11.9 Å². The minimum Gasteiger partial charge on any atom is -0.339 e. The van der Waals surface area contributed by atoms with Gasteiger partial charge in [0.25, 0.3) is 0 Å². The van der Waals surface area contributed by atoms with Gasteiger partial charge >= 0.3 is 6.03 Å².